The molecule has 3 heteroatoms. The minimum Gasteiger partial charge on any atom is -0.370 e. The third kappa shape index (κ3) is 2.75. The molecule has 1 saturated carbocycles. The largest absolute Gasteiger partial charge is 0.370 e. The van der Waals surface area contributed by atoms with Gasteiger partial charge in [-0.2, -0.15) is 0 Å². The Morgan fingerprint density at radius 3 is 2.58 bits per heavy atom. The monoisotopic (exact) mass is 257 g/mol. The zero-order valence-corrected chi connectivity index (χ0v) is 11.5. The summed E-state index contributed by atoms with van der Waals surface area (Å²) in [5.41, 5.74) is 7.42. The summed E-state index contributed by atoms with van der Waals surface area (Å²) in [5.74, 6) is 1.52. The van der Waals surface area contributed by atoms with Gasteiger partial charge in [-0.1, -0.05) is 49.6 Å². The third-order valence-electron chi connectivity index (χ3n) is 4.52. The van der Waals surface area contributed by atoms with E-state index in [9.17, 15) is 0 Å². The lowest BCUT2D eigenvalue weighted by molar-refractivity contribution is 0.197. The molecule has 1 aromatic rings. The lowest BCUT2D eigenvalue weighted by Crippen LogP contribution is -2.44. The number of benzene rings is 1. The summed E-state index contributed by atoms with van der Waals surface area (Å²) in [7, 11) is 0. The van der Waals surface area contributed by atoms with Gasteiger partial charge in [0.15, 0.2) is 5.96 Å². The first-order valence-corrected chi connectivity index (χ1v) is 7.45. The Kier molecular flexibility index (Phi) is 3.72. The molecule has 0 radical (unpaired) electrons. The summed E-state index contributed by atoms with van der Waals surface area (Å²) >= 11 is 0. The van der Waals surface area contributed by atoms with Crippen molar-refractivity contribution in [2.45, 2.75) is 44.7 Å². The summed E-state index contributed by atoms with van der Waals surface area (Å²) in [6.45, 7) is 1.79. The number of guanidine groups is 1. The fourth-order valence-electron chi connectivity index (χ4n) is 3.45. The Labute approximate surface area is 115 Å². The van der Waals surface area contributed by atoms with Gasteiger partial charge in [-0.25, -0.2) is 0 Å². The molecule has 1 aliphatic carbocycles. The first kappa shape index (κ1) is 12.5. The van der Waals surface area contributed by atoms with Crippen LogP contribution in [0, 0.1) is 5.92 Å². The molecule has 0 saturated heterocycles. The van der Waals surface area contributed by atoms with Crippen LogP contribution in [0.15, 0.2) is 35.3 Å². The van der Waals surface area contributed by atoms with Gasteiger partial charge in [0.1, 0.15) is 0 Å². The van der Waals surface area contributed by atoms with Crippen LogP contribution in [0.4, 0.5) is 0 Å². The molecule has 0 aromatic heterocycles. The molecule has 0 bridgehead atoms. The van der Waals surface area contributed by atoms with Crippen molar-refractivity contribution in [3.8, 4) is 0 Å². The van der Waals surface area contributed by atoms with Crippen LogP contribution in [0.2, 0.25) is 0 Å². The number of hydrogen-bond donors (Lipinski definition) is 1. The molecule has 19 heavy (non-hydrogen) atoms. The molecule has 1 heterocycles. The Hall–Kier alpha value is -1.51. The SMILES string of the molecule is NC1=NCC(C2CCCCC2)N1Cc1ccccc1. The first-order chi connectivity index (χ1) is 9.34. The van der Waals surface area contributed by atoms with Crippen LogP contribution in [0.3, 0.4) is 0 Å². The Morgan fingerprint density at radius 2 is 1.84 bits per heavy atom. The lowest BCUT2D eigenvalue weighted by atomic mass is 9.83. The van der Waals surface area contributed by atoms with E-state index in [1.165, 1.54) is 37.7 Å². The van der Waals surface area contributed by atoms with Crippen LogP contribution in [-0.4, -0.2) is 23.4 Å². The van der Waals surface area contributed by atoms with Crippen LogP contribution in [-0.2, 0) is 6.54 Å². The fourth-order valence-corrected chi connectivity index (χ4v) is 3.45. The Balaban J connectivity index is 1.71. The molecule has 1 aliphatic heterocycles. The molecule has 1 fully saturated rings. The molecule has 1 atom stereocenters. The maximum Gasteiger partial charge on any atom is 0.191 e. The van der Waals surface area contributed by atoms with E-state index in [-0.39, 0.29) is 0 Å². The van der Waals surface area contributed by atoms with E-state index in [2.05, 4.69) is 40.2 Å². The summed E-state index contributed by atoms with van der Waals surface area (Å²) in [4.78, 5) is 6.82. The number of nitrogens with two attached hydrogens (primary N) is 1. The van der Waals surface area contributed by atoms with Gasteiger partial charge >= 0.3 is 0 Å². The van der Waals surface area contributed by atoms with Gasteiger partial charge < -0.3 is 10.6 Å². The van der Waals surface area contributed by atoms with Crippen LogP contribution in [0.25, 0.3) is 0 Å². The molecule has 2 N–H and O–H groups in total. The van der Waals surface area contributed by atoms with Crippen molar-refractivity contribution < 1.29 is 0 Å². The Bertz CT molecular complexity index is 435. The molecule has 1 aromatic carbocycles. The summed E-state index contributed by atoms with van der Waals surface area (Å²) in [6, 6.07) is 11.1. The highest BCUT2D eigenvalue weighted by Crippen LogP contribution is 2.31. The maximum atomic E-state index is 6.10. The first-order valence-electron chi connectivity index (χ1n) is 7.45. The second-order valence-electron chi connectivity index (χ2n) is 5.78. The highest BCUT2D eigenvalue weighted by molar-refractivity contribution is 5.80. The van der Waals surface area contributed by atoms with Gasteiger partial charge in [-0.15, -0.1) is 0 Å². The van der Waals surface area contributed by atoms with Crippen molar-refractivity contribution in [3.05, 3.63) is 35.9 Å². The Morgan fingerprint density at radius 1 is 1.11 bits per heavy atom. The smallest absolute Gasteiger partial charge is 0.191 e. The molecule has 0 amide bonds. The van der Waals surface area contributed by atoms with Crippen molar-refractivity contribution in [1.29, 1.82) is 0 Å². The molecule has 1 unspecified atom stereocenters. The van der Waals surface area contributed by atoms with Gasteiger partial charge in [0, 0.05) is 6.54 Å². The predicted octanol–water partition coefficient (Wildman–Crippen LogP) is 2.77. The molecular weight excluding hydrogens is 234 g/mol. The number of hydrogen-bond acceptors (Lipinski definition) is 3. The van der Waals surface area contributed by atoms with Crippen LogP contribution >= 0.6 is 0 Å². The average Bonchev–Trinajstić information content (AvgIpc) is 2.82. The molecule has 3 rings (SSSR count). The van der Waals surface area contributed by atoms with E-state index >= 15 is 0 Å². The summed E-state index contributed by atoms with van der Waals surface area (Å²) in [5, 5.41) is 0. The van der Waals surface area contributed by atoms with E-state index in [1.807, 2.05) is 0 Å². The predicted molar refractivity (Wildman–Crippen MR) is 78.8 cm³/mol. The van der Waals surface area contributed by atoms with Crippen molar-refractivity contribution in [3.63, 3.8) is 0 Å². The molecular formula is C16H23N3. The molecule has 0 spiro atoms. The normalized spacial score (nSPS) is 24.5. The molecule has 3 nitrogen and oxygen atoms in total. The van der Waals surface area contributed by atoms with Gasteiger partial charge in [0.25, 0.3) is 0 Å². The zero-order chi connectivity index (χ0) is 13.1. The summed E-state index contributed by atoms with van der Waals surface area (Å²) in [6.07, 6.45) is 6.84. The summed E-state index contributed by atoms with van der Waals surface area (Å²) < 4.78 is 0. The third-order valence-corrected chi connectivity index (χ3v) is 4.52. The van der Waals surface area contributed by atoms with Crippen molar-refractivity contribution in [2.75, 3.05) is 6.54 Å². The highest BCUT2D eigenvalue weighted by atomic mass is 15.3. The van der Waals surface area contributed by atoms with Gasteiger partial charge in [-0.3, -0.25) is 4.99 Å². The van der Waals surface area contributed by atoms with E-state index in [0.717, 1.165) is 25.0 Å². The minimum atomic E-state index is 0.528. The van der Waals surface area contributed by atoms with Crippen molar-refractivity contribution >= 4 is 5.96 Å². The zero-order valence-electron chi connectivity index (χ0n) is 11.5. The lowest BCUT2D eigenvalue weighted by Gasteiger charge is -2.34. The highest BCUT2D eigenvalue weighted by Gasteiger charge is 2.33. The van der Waals surface area contributed by atoms with Crippen LogP contribution < -0.4 is 5.73 Å². The van der Waals surface area contributed by atoms with Gasteiger partial charge in [0.05, 0.1) is 12.6 Å². The van der Waals surface area contributed by atoms with Crippen molar-refractivity contribution in [1.82, 2.24) is 4.90 Å². The number of rotatable bonds is 3. The second-order valence-corrected chi connectivity index (χ2v) is 5.78. The topological polar surface area (TPSA) is 41.6 Å². The average molecular weight is 257 g/mol. The number of nitrogens with zero attached hydrogens (tertiary/aromatic N) is 2. The van der Waals surface area contributed by atoms with E-state index in [4.69, 9.17) is 5.73 Å². The maximum absolute atomic E-state index is 6.10. The van der Waals surface area contributed by atoms with E-state index in [0.29, 0.717) is 6.04 Å². The second kappa shape index (κ2) is 5.64. The number of aliphatic imine (C=N–C) groups is 1. The molecule has 102 valence electrons. The standard InChI is InChI=1S/C16H23N3/c17-16-18-11-15(14-9-5-2-6-10-14)19(16)12-13-7-3-1-4-8-13/h1,3-4,7-8,14-15H,2,5-6,9-12H2,(H2,17,18). The van der Waals surface area contributed by atoms with Crippen molar-refractivity contribution in [2.24, 2.45) is 16.6 Å². The van der Waals surface area contributed by atoms with Gasteiger partial charge in [-0.05, 0) is 24.3 Å². The van der Waals surface area contributed by atoms with E-state index in [1.54, 1.807) is 0 Å². The van der Waals surface area contributed by atoms with Gasteiger partial charge in [0.2, 0.25) is 0 Å². The quantitative estimate of drug-likeness (QED) is 0.904. The van der Waals surface area contributed by atoms with Crippen LogP contribution in [0.1, 0.15) is 37.7 Å². The minimum absolute atomic E-state index is 0.528. The molecule has 2 aliphatic rings. The van der Waals surface area contributed by atoms with Crippen LogP contribution in [0.5, 0.6) is 0 Å². The van der Waals surface area contributed by atoms with E-state index < -0.39 is 0 Å². The fraction of sp³-hybridized carbons (Fsp3) is 0.562.